The van der Waals surface area contributed by atoms with E-state index in [0.29, 0.717) is 19.4 Å². The van der Waals surface area contributed by atoms with Crippen molar-refractivity contribution in [1.82, 2.24) is 5.32 Å². The fourth-order valence-electron chi connectivity index (χ4n) is 1.51. The summed E-state index contributed by atoms with van der Waals surface area (Å²) in [5.41, 5.74) is -0.449. The summed E-state index contributed by atoms with van der Waals surface area (Å²) in [6.07, 6.45) is 0.767. The van der Waals surface area contributed by atoms with E-state index in [4.69, 9.17) is 0 Å². The zero-order valence-corrected chi connectivity index (χ0v) is 14.0. The van der Waals surface area contributed by atoms with Crippen LogP contribution in [0.1, 0.15) is 54.4 Å². The van der Waals surface area contributed by atoms with Gasteiger partial charge in [-0.25, -0.2) is 8.42 Å². The van der Waals surface area contributed by atoms with E-state index >= 15 is 0 Å². The summed E-state index contributed by atoms with van der Waals surface area (Å²) < 4.78 is 23.6. The van der Waals surface area contributed by atoms with Crippen molar-refractivity contribution in [3.8, 4) is 0 Å². The number of ketones is 1. The predicted molar refractivity (Wildman–Crippen MR) is 80.1 cm³/mol. The van der Waals surface area contributed by atoms with Gasteiger partial charge in [-0.05, 0) is 27.2 Å². The van der Waals surface area contributed by atoms with E-state index in [9.17, 15) is 13.2 Å². The van der Waals surface area contributed by atoms with E-state index in [1.54, 1.807) is 0 Å². The summed E-state index contributed by atoms with van der Waals surface area (Å²) >= 11 is 0. The maximum absolute atomic E-state index is 11.8. The lowest BCUT2D eigenvalue weighted by Gasteiger charge is -2.20. The molecule has 0 aliphatic rings. The molecular formula is C14H29NO3S. The van der Waals surface area contributed by atoms with Crippen molar-refractivity contribution < 1.29 is 13.2 Å². The fourth-order valence-corrected chi connectivity index (χ4v) is 2.71. The van der Waals surface area contributed by atoms with Crippen molar-refractivity contribution in [3.05, 3.63) is 0 Å². The van der Waals surface area contributed by atoms with Crippen LogP contribution in [0.15, 0.2) is 0 Å². The largest absolute Gasteiger partial charge is 0.311 e. The topological polar surface area (TPSA) is 63.2 Å². The van der Waals surface area contributed by atoms with Gasteiger partial charge >= 0.3 is 0 Å². The van der Waals surface area contributed by atoms with Crippen LogP contribution >= 0.6 is 0 Å². The minimum Gasteiger partial charge on any atom is -0.311 e. The van der Waals surface area contributed by atoms with Crippen LogP contribution in [0.5, 0.6) is 0 Å². The van der Waals surface area contributed by atoms with Gasteiger partial charge in [0.1, 0.15) is 5.78 Å². The van der Waals surface area contributed by atoms with Crippen LogP contribution in [0.2, 0.25) is 0 Å². The third-order valence-corrected chi connectivity index (χ3v) is 4.50. The lowest BCUT2D eigenvalue weighted by Crippen LogP contribution is -2.39. The first-order chi connectivity index (χ1) is 8.33. The van der Waals surface area contributed by atoms with Gasteiger partial charge in [0.25, 0.3) is 0 Å². The Morgan fingerprint density at radius 3 is 1.95 bits per heavy atom. The third-order valence-electron chi connectivity index (χ3n) is 2.76. The third kappa shape index (κ3) is 10.1. The summed E-state index contributed by atoms with van der Waals surface area (Å²) in [5, 5.41) is 3.16. The summed E-state index contributed by atoms with van der Waals surface area (Å²) in [5.74, 6) is 0.352. The summed E-state index contributed by atoms with van der Waals surface area (Å²) in [6.45, 7) is 12.0. The molecule has 0 unspecified atom stereocenters. The van der Waals surface area contributed by atoms with Gasteiger partial charge in [0, 0.05) is 23.9 Å². The number of carbonyl (C=O) groups excluding carboxylic acids is 1. The molecule has 0 amide bonds. The van der Waals surface area contributed by atoms with Gasteiger partial charge in [-0.2, -0.15) is 0 Å². The Morgan fingerprint density at radius 2 is 1.53 bits per heavy atom. The molecule has 0 spiro atoms. The second-order valence-electron chi connectivity index (χ2n) is 7.11. The minimum absolute atomic E-state index is 0.0717. The summed E-state index contributed by atoms with van der Waals surface area (Å²) in [7, 11) is -3.06. The molecule has 0 radical (unpaired) electrons. The van der Waals surface area contributed by atoms with Crippen LogP contribution in [-0.4, -0.2) is 37.8 Å². The molecule has 0 aliphatic carbocycles. The van der Waals surface area contributed by atoms with Crippen molar-refractivity contribution >= 4 is 15.6 Å². The van der Waals surface area contributed by atoms with Gasteiger partial charge in [0.2, 0.25) is 0 Å². The Balaban J connectivity index is 4.03. The monoisotopic (exact) mass is 291 g/mol. The van der Waals surface area contributed by atoms with Crippen LogP contribution in [0.4, 0.5) is 0 Å². The molecule has 0 aliphatic heterocycles. The van der Waals surface area contributed by atoms with E-state index in [0.717, 1.165) is 0 Å². The number of nitrogens with one attached hydrogen (secondary N) is 1. The van der Waals surface area contributed by atoms with Crippen LogP contribution in [-0.2, 0) is 14.6 Å². The molecule has 1 N–H and O–H groups in total. The molecule has 0 aromatic heterocycles. The van der Waals surface area contributed by atoms with Crippen molar-refractivity contribution in [3.63, 3.8) is 0 Å². The Hall–Kier alpha value is -0.420. The first-order valence-electron chi connectivity index (χ1n) is 6.82. The van der Waals surface area contributed by atoms with Crippen molar-refractivity contribution in [2.24, 2.45) is 5.41 Å². The Kier molecular flexibility index (Phi) is 6.69. The standard InChI is InChI=1S/C14H29NO3S/c1-13(2,3)12(16)8-7-10-19(17,18)11-9-15-14(4,5)6/h15H,7-11H2,1-6H3. The van der Waals surface area contributed by atoms with Crippen molar-refractivity contribution in [2.45, 2.75) is 59.9 Å². The maximum atomic E-state index is 11.8. The second kappa shape index (κ2) is 6.84. The number of sulfone groups is 1. The molecule has 0 heterocycles. The van der Waals surface area contributed by atoms with E-state index < -0.39 is 9.84 Å². The zero-order valence-electron chi connectivity index (χ0n) is 13.2. The van der Waals surface area contributed by atoms with E-state index in [1.165, 1.54) is 0 Å². The van der Waals surface area contributed by atoms with Crippen LogP contribution < -0.4 is 5.32 Å². The molecule has 114 valence electrons. The highest BCUT2D eigenvalue weighted by Crippen LogP contribution is 2.17. The first-order valence-corrected chi connectivity index (χ1v) is 8.64. The van der Waals surface area contributed by atoms with Crippen molar-refractivity contribution in [1.29, 1.82) is 0 Å². The molecule has 19 heavy (non-hydrogen) atoms. The minimum atomic E-state index is -3.06. The van der Waals surface area contributed by atoms with Gasteiger partial charge < -0.3 is 5.32 Å². The van der Waals surface area contributed by atoms with Gasteiger partial charge in [-0.15, -0.1) is 0 Å². The lowest BCUT2D eigenvalue weighted by atomic mass is 9.88. The van der Waals surface area contributed by atoms with Crippen LogP contribution in [0.3, 0.4) is 0 Å². The molecule has 0 saturated heterocycles. The number of hydrogen-bond donors (Lipinski definition) is 1. The number of rotatable bonds is 7. The van der Waals surface area contributed by atoms with Crippen molar-refractivity contribution in [2.75, 3.05) is 18.1 Å². The molecule has 0 rings (SSSR count). The van der Waals surface area contributed by atoms with E-state index in [2.05, 4.69) is 5.32 Å². The number of hydrogen-bond acceptors (Lipinski definition) is 4. The average molecular weight is 291 g/mol. The van der Waals surface area contributed by atoms with Crippen LogP contribution in [0, 0.1) is 5.41 Å². The van der Waals surface area contributed by atoms with Gasteiger partial charge in [-0.1, -0.05) is 20.8 Å². The van der Waals surface area contributed by atoms with Gasteiger partial charge in [0.15, 0.2) is 9.84 Å². The highest BCUT2D eigenvalue weighted by atomic mass is 32.2. The number of Topliss-reactive ketones (excluding diaryl/α,β-unsaturated/α-hetero) is 1. The molecule has 0 saturated carbocycles. The molecular weight excluding hydrogens is 262 g/mol. The average Bonchev–Trinajstić information content (AvgIpc) is 2.12. The number of carbonyl (C=O) groups is 1. The van der Waals surface area contributed by atoms with E-state index in [-0.39, 0.29) is 28.2 Å². The second-order valence-corrected chi connectivity index (χ2v) is 9.41. The van der Waals surface area contributed by atoms with Crippen LogP contribution in [0.25, 0.3) is 0 Å². The smallest absolute Gasteiger partial charge is 0.151 e. The maximum Gasteiger partial charge on any atom is 0.151 e. The normalized spacial score (nSPS) is 13.6. The summed E-state index contributed by atoms with van der Waals surface area (Å²) in [4.78, 5) is 11.7. The highest BCUT2D eigenvalue weighted by molar-refractivity contribution is 7.91. The molecule has 0 aromatic carbocycles. The molecule has 5 heteroatoms. The van der Waals surface area contributed by atoms with Gasteiger partial charge in [-0.3, -0.25) is 4.79 Å². The molecule has 0 bridgehead atoms. The fraction of sp³-hybridized carbons (Fsp3) is 0.929. The summed E-state index contributed by atoms with van der Waals surface area (Å²) in [6, 6.07) is 0. The van der Waals surface area contributed by atoms with E-state index in [1.807, 2.05) is 41.5 Å². The lowest BCUT2D eigenvalue weighted by molar-refractivity contribution is -0.126. The first kappa shape index (κ1) is 18.6. The SMILES string of the molecule is CC(C)(C)NCCS(=O)(=O)CCCC(=O)C(C)(C)C. The Morgan fingerprint density at radius 1 is 1.00 bits per heavy atom. The predicted octanol–water partition coefficient (Wildman–Crippen LogP) is 2.18. The molecule has 4 nitrogen and oxygen atoms in total. The van der Waals surface area contributed by atoms with Gasteiger partial charge in [0.05, 0.1) is 11.5 Å². The zero-order chi connectivity index (χ0) is 15.3. The quantitative estimate of drug-likeness (QED) is 0.781. The molecule has 0 atom stereocenters. The Bertz CT molecular complexity index is 386. The highest BCUT2D eigenvalue weighted by Gasteiger charge is 2.21. The molecule has 0 aromatic rings. The Labute approximate surface area is 118 Å². The molecule has 0 fully saturated rings.